The summed E-state index contributed by atoms with van der Waals surface area (Å²) in [6, 6.07) is 5.62. The highest BCUT2D eigenvalue weighted by molar-refractivity contribution is 7.52. The number of aromatic hydroxyl groups is 4. The Morgan fingerprint density at radius 1 is 1.07 bits per heavy atom. The number of hydrogen-bond acceptors (Lipinski definition) is 9. The molecule has 0 saturated heterocycles. The summed E-state index contributed by atoms with van der Waals surface area (Å²) in [5.74, 6) is -2.69. The molecule has 3 rings (SSSR count). The topological polar surface area (TPSA) is 167 Å². The first kappa shape index (κ1) is 19.6. The molecule has 0 aliphatic rings. The summed E-state index contributed by atoms with van der Waals surface area (Å²) >= 11 is 0. The third kappa shape index (κ3) is 3.61. The van der Waals surface area contributed by atoms with Crippen molar-refractivity contribution in [2.75, 3.05) is 13.5 Å². The molecule has 0 aliphatic heterocycles. The van der Waals surface area contributed by atoms with Crippen LogP contribution in [0.4, 0.5) is 0 Å². The molecule has 1 heterocycles. The van der Waals surface area contributed by atoms with E-state index >= 15 is 0 Å². The number of ether oxygens (including phenoxy) is 1. The fourth-order valence-corrected chi connectivity index (χ4v) is 2.85. The average Bonchev–Trinajstić information content (AvgIpc) is 2.63. The van der Waals surface area contributed by atoms with Crippen LogP contribution in [0, 0.1) is 0 Å². The van der Waals surface area contributed by atoms with E-state index in [1.165, 1.54) is 6.07 Å². The number of rotatable bonds is 5. The van der Waals surface area contributed by atoms with Crippen LogP contribution in [-0.4, -0.2) is 38.8 Å². The van der Waals surface area contributed by atoms with Crippen LogP contribution in [0.2, 0.25) is 0 Å². The Hall–Kier alpha value is -3.20. The van der Waals surface area contributed by atoms with Crippen molar-refractivity contribution in [2.24, 2.45) is 0 Å². The van der Waals surface area contributed by atoms with Gasteiger partial charge in [0.1, 0.15) is 22.5 Å². The predicted molar refractivity (Wildman–Crippen MR) is 96.9 cm³/mol. The second-order valence-corrected chi connectivity index (χ2v) is 7.62. The molecule has 28 heavy (non-hydrogen) atoms. The molecule has 1 unspecified atom stereocenters. The average molecular weight is 410 g/mol. The lowest BCUT2D eigenvalue weighted by Gasteiger charge is -2.13. The van der Waals surface area contributed by atoms with Gasteiger partial charge in [0.05, 0.1) is 0 Å². The van der Waals surface area contributed by atoms with Gasteiger partial charge in [-0.2, -0.15) is 0 Å². The minimum absolute atomic E-state index is 0.0809. The van der Waals surface area contributed by atoms with Gasteiger partial charge in [0.2, 0.25) is 11.2 Å². The van der Waals surface area contributed by atoms with E-state index in [2.05, 4.69) is 4.52 Å². The first-order valence-electron chi connectivity index (χ1n) is 7.68. The SMILES string of the molecule is COP(=O)(O)COc1cc(-c2oc3cc(O)cc(O)c3c(=O)c2O)ccc1O. The van der Waals surface area contributed by atoms with Crippen LogP contribution in [0.3, 0.4) is 0 Å². The Kier molecular flexibility index (Phi) is 4.95. The normalized spacial score (nSPS) is 13.4. The van der Waals surface area contributed by atoms with Crippen LogP contribution >= 0.6 is 7.60 Å². The van der Waals surface area contributed by atoms with Gasteiger partial charge in [0.25, 0.3) is 0 Å². The lowest BCUT2D eigenvalue weighted by atomic mass is 10.1. The highest BCUT2D eigenvalue weighted by Crippen LogP contribution is 2.43. The summed E-state index contributed by atoms with van der Waals surface area (Å²) in [6.07, 6.45) is -0.754. The van der Waals surface area contributed by atoms with Crippen molar-refractivity contribution in [3.05, 3.63) is 40.6 Å². The largest absolute Gasteiger partial charge is 0.508 e. The molecule has 0 saturated carbocycles. The van der Waals surface area contributed by atoms with Crippen molar-refractivity contribution < 1.29 is 43.6 Å². The Bertz CT molecular complexity index is 1170. The Morgan fingerprint density at radius 3 is 2.46 bits per heavy atom. The second kappa shape index (κ2) is 7.08. The Balaban J connectivity index is 2.12. The van der Waals surface area contributed by atoms with Crippen LogP contribution in [0.25, 0.3) is 22.3 Å². The van der Waals surface area contributed by atoms with Gasteiger partial charge < -0.3 is 39.0 Å². The van der Waals surface area contributed by atoms with E-state index < -0.39 is 30.9 Å². The maximum Gasteiger partial charge on any atom is 0.364 e. The van der Waals surface area contributed by atoms with Gasteiger partial charge in [-0.25, -0.2) is 0 Å². The lowest BCUT2D eigenvalue weighted by molar-refractivity contribution is 0.264. The number of hydrogen-bond donors (Lipinski definition) is 5. The van der Waals surface area contributed by atoms with E-state index in [1.54, 1.807) is 0 Å². The van der Waals surface area contributed by atoms with Crippen molar-refractivity contribution in [3.8, 4) is 40.1 Å². The first-order chi connectivity index (χ1) is 13.1. The van der Waals surface area contributed by atoms with Crippen LogP contribution in [0.15, 0.2) is 39.5 Å². The van der Waals surface area contributed by atoms with Gasteiger partial charge in [-0.3, -0.25) is 9.36 Å². The molecule has 0 spiro atoms. The first-order valence-corrected chi connectivity index (χ1v) is 9.44. The number of fused-ring (bicyclic) bond motifs is 1. The second-order valence-electron chi connectivity index (χ2n) is 5.72. The van der Waals surface area contributed by atoms with E-state index in [1.807, 2.05) is 0 Å². The summed E-state index contributed by atoms with van der Waals surface area (Å²) < 4.78 is 26.4. The smallest absolute Gasteiger partial charge is 0.364 e. The molecule has 0 radical (unpaired) electrons. The fourth-order valence-electron chi connectivity index (χ4n) is 2.45. The molecule has 0 fully saturated rings. The third-order valence-corrected chi connectivity index (χ3v) is 4.85. The Labute approximate surface area is 157 Å². The molecule has 0 aliphatic carbocycles. The molecule has 1 atom stereocenters. The summed E-state index contributed by atoms with van der Waals surface area (Å²) in [6.45, 7) is 0. The zero-order valence-electron chi connectivity index (χ0n) is 14.3. The van der Waals surface area contributed by atoms with E-state index in [9.17, 15) is 34.7 Å². The summed E-state index contributed by atoms with van der Waals surface area (Å²) in [5, 5.41) is 39.2. The van der Waals surface area contributed by atoms with Crippen LogP contribution in [0.1, 0.15) is 0 Å². The van der Waals surface area contributed by atoms with Gasteiger partial charge in [-0.05, 0) is 18.2 Å². The quantitative estimate of drug-likeness (QED) is 0.394. The molecule has 10 nitrogen and oxygen atoms in total. The summed E-state index contributed by atoms with van der Waals surface area (Å²) in [4.78, 5) is 21.8. The number of benzene rings is 2. The zero-order valence-corrected chi connectivity index (χ0v) is 15.2. The van der Waals surface area contributed by atoms with Crippen molar-refractivity contribution >= 4 is 18.6 Å². The van der Waals surface area contributed by atoms with Gasteiger partial charge in [-0.15, -0.1) is 0 Å². The Morgan fingerprint density at radius 2 is 1.79 bits per heavy atom. The summed E-state index contributed by atoms with van der Waals surface area (Å²) in [5.41, 5.74) is -1.05. The highest BCUT2D eigenvalue weighted by atomic mass is 31.2. The van der Waals surface area contributed by atoms with E-state index in [-0.39, 0.29) is 39.5 Å². The van der Waals surface area contributed by atoms with Crippen LogP contribution < -0.4 is 10.2 Å². The van der Waals surface area contributed by atoms with Gasteiger partial charge >= 0.3 is 7.60 Å². The molecule has 148 valence electrons. The molecular formula is C17H15O10P. The molecular weight excluding hydrogens is 395 g/mol. The molecule has 0 amide bonds. The van der Waals surface area contributed by atoms with Crippen molar-refractivity contribution in [3.63, 3.8) is 0 Å². The predicted octanol–water partition coefficient (Wildman–Crippen LogP) is 2.45. The molecule has 1 aromatic heterocycles. The lowest BCUT2D eigenvalue weighted by Crippen LogP contribution is -2.03. The molecule has 3 aromatic rings. The molecule has 2 aromatic carbocycles. The van der Waals surface area contributed by atoms with Gasteiger partial charge in [0.15, 0.2) is 23.6 Å². The van der Waals surface area contributed by atoms with Crippen LogP contribution in [-0.2, 0) is 9.09 Å². The number of phenolic OH excluding ortho intramolecular Hbond substituents is 3. The van der Waals surface area contributed by atoms with Crippen molar-refractivity contribution in [1.82, 2.24) is 0 Å². The fraction of sp³-hybridized carbons (Fsp3) is 0.118. The maximum absolute atomic E-state index is 12.4. The number of phenols is 3. The highest BCUT2D eigenvalue weighted by Gasteiger charge is 2.22. The molecule has 0 bridgehead atoms. The van der Waals surface area contributed by atoms with Crippen LogP contribution in [0.5, 0.6) is 28.7 Å². The minimum atomic E-state index is -4.02. The standard InChI is InChI=1S/C17H15O10P/c1-25-28(23,24)7-26-12-4-8(2-3-10(12)19)17-16(22)15(21)14-11(20)5-9(18)6-13(14)27-17/h2-6,18-20,22H,7H2,1H3,(H,23,24). The van der Waals surface area contributed by atoms with Gasteiger partial charge in [-0.1, -0.05) is 0 Å². The van der Waals surface area contributed by atoms with Crippen molar-refractivity contribution in [2.45, 2.75) is 0 Å². The van der Waals surface area contributed by atoms with E-state index in [0.717, 1.165) is 31.4 Å². The van der Waals surface area contributed by atoms with E-state index in [0.29, 0.717) is 0 Å². The minimum Gasteiger partial charge on any atom is -0.508 e. The zero-order chi connectivity index (χ0) is 20.6. The van der Waals surface area contributed by atoms with Crippen molar-refractivity contribution in [1.29, 1.82) is 0 Å². The third-order valence-electron chi connectivity index (χ3n) is 3.83. The maximum atomic E-state index is 12.4. The van der Waals surface area contributed by atoms with Gasteiger partial charge in [0, 0.05) is 24.8 Å². The molecule has 11 heteroatoms. The summed E-state index contributed by atoms with van der Waals surface area (Å²) in [7, 11) is -3.00. The van der Waals surface area contributed by atoms with E-state index in [4.69, 9.17) is 9.15 Å². The monoisotopic (exact) mass is 410 g/mol. The molecule has 5 N–H and O–H groups in total.